The smallest absolute Gasteiger partial charge is 0.187 e. The molecule has 120 valence electrons. The van der Waals surface area contributed by atoms with Gasteiger partial charge in [0.25, 0.3) is 0 Å². The minimum absolute atomic E-state index is 0.0314. The van der Waals surface area contributed by atoms with Crippen LogP contribution in [0.15, 0.2) is 60.3 Å². The molecule has 0 aliphatic carbocycles. The van der Waals surface area contributed by atoms with Crippen LogP contribution in [0.2, 0.25) is 5.02 Å². The Morgan fingerprint density at radius 1 is 1.13 bits per heavy atom. The molecule has 3 nitrogen and oxygen atoms in total. The van der Waals surface area contributed by atoms with E-state index in [0.29, 0.717) is 10.6 Å². The van der Waals surface area contributed by atoms with Gasteiger partial charge in [0, 0.05) is 28.9 Å². The molecule has 0 fully saturated rings. The average Bonchev–Trinajstić information content (AvgIpc) is 2.56. The van der Waals surface area contributed by atoms with Crippen molar-refractivity contribution in [2.75, 3.05) is 13.7 Å². The normalized spacial score (nSPS) is 11.2. The van der Waals surface area contributed by atoms with Crippen molar-refractivity contribution in [2.45, 2.75) is 13.3 Å². The summed E-state index contributed by atoms with van der Waals surface area (Å²) in [5.41, 5.74) is 2.69. The maximum absolute atomic E-state index is 12.1. The summed E-state index contributed by atoms with van der Waals surface area (Å²) in [6.45, 7) is 2.66. The minimum atomic E-state index is -0.0314. The van der Waals surface area contributed by atoms with Crippen molar-refractivity contribution in [2.24, 2.45) is 0 Å². The molecule has 0 unspecified atom stereocenters. The van der Waals surface area contributed by atoms with Crippen LogP contribution in [0.25, 0.3) is 0 Å². The van der Waals surface area contributed by atoms with Crippen molar-refractivity contribution in [3.05, 3.63) is 76.5 Å². The van der Waals surface area contributed by atoms with Crippen molar-refractivity contribution in [1.29, 1.82) is 0 Å². The Morgan fingerprint density at radius 3 is 2.39 bits per heavy atom. The lowest BCUT2D eigenvalue weighted by molar-refractivity contribution is 0.104. The van der Waals surface area contributed by atoms with Crippen molar-refractivity contribution in [3.63, 3.8) is 0 Å². The van der Waals surface area contributed by atoms with Gasteiger partial charge in [0.15, 0.2) is 5.78 Å². The molecule has 0 spiro atoms. The average molecular weight is 330 g/mol. The zero-order valence-electron chi connectivity index (χ0n) is 13.3. The Balaban J connectivity index is 1.84. The van der Waals surface area contributed by atoms with E-state index < -0.39 is 0 Å². The van der Waals surface area contributed by atoms with Crippen LogP contribution in [-0.2, 0) is 6.42 Å². The molecule has 0 saturated heterocycles. The molecular formula is C19H20ClNO2. The summed E-state index contributed by atoms with van der Waals surface area (Å²) in [6, 6.07) is 14.9. The standard InChI is InChI=1S/C19H20ClNO2/c1-14(13-19(22)16-5-7-17(20)8-6-16)21-12-11-15-3-9-18(23-2)10-4-15/h3-10,13,21H,11-12H2,1-2H3. The van der Waals surface area contributed by atoms with E-state index in [1.54, 1.807) is 37.5 Å². The third-order valence-electron chi connectivity index (χ3n) is 3.45. The first-order valence-electron chi connectivity index (χ1n) is 7.43. The molecule has 0 heterocycles. The third-order valence-corrected chi connectivity index (χ3v) is 3.70. The van der Waals surface area contributed by atoms with E-state index in [-0.39, 0.29) is 5.78 Å². The zero-order chi connectivity index (χ0) is 16.7. The molecule has 2 aromatic rings. The van der Waals surface area contributed by atoms with Crippen molar-refractivity contribution in [1.82, 2.24) is 5.32 Å². The second-order valence-electron chi connectivity index (χ2n) is 5.22. The first kappa shape index (κ1) is 17.1. The number of ketones is 1. The summed E-state index contributed by atoms with van der Waals surface area (Å²) < 4.78 is 5.13. The number of hydrogen-bond donors (Lipinski definition) is 1. The summed E-state index contributed by atoms with van der Waals surface area (Å²) in [7, 11) is 1.66. The van der Waals surface area contributed by atoms with Crippen LogP contribution in [0.4, 0.5) is 0 Å². The largest absolute Gasteiger partial charge is 0.497 e. The fourth-order valence-corrected chi connectivity index (χ4v) is 2.27. The second-order valence-corrected chi connectivity index (χ2v) is 5.66. The molecule has 0 aromatic heterocycles. The topological polar surface area (TPSA) is 38.3 Å². The number of hydrogen-bond acceptors (Lipinski definition) is 3. The van der Waals surface area contributed by atoms with Gasteiger partial charge in [0.2, 0.25) is 0 Å². The minimum Gasteiger partial charge on any atom is -0.497 e. The van der Waals surface area contributed by atoms with Crippen LogP contribution in [-0.4, -0.2) is 19.4 Å². The molecular weight excluding hydrogens is 310 g/mol. The van der Waals surface area contributed by atoms with Crippen LogP contribution in [0.5, 0.6) is 5.75 Å². The number of carbonyl (C=O) groups excluding carboxylic acids is 1. The molecule has 2 rings (SSSR count). The van der Waals surface area contributed by atoms with E-state index in [2.05, 4.69) is 5.32 Å². The first-order valence-corrected chi connectivity index (χ1v) is 7.81. The zero-order valence-corrected chi connectivity index (χ0v) is 14.1. The van der Waals surface area contributed by atoms with Crippen molar-refractivity contribution in [3.8, 4) is 5.75 Å². The quantitative estimate of drug-likeness (QED) is 0.609. The maximum Gasteiger partial charge on any atom is 0.187 e. The van der Waals surface area contributed by atoms with Gasteiger partial charge in [-0.1, -0.05) is 23.7 Å². The van der Waals surface area contributed by atoms with Crippen LogP contribution < -0.4 is 10.1 Å². The molecule has 0 amide bonds. The molecule has 2 aromatic carbocycles. The van der Waals surface area contributed by atoms with Gasteiger partial charge in [-0.15, -0.1) is 0 Å². The molecule has 1 N–H and O–H groups in total. The number of halogens is 1. The summed E-state index contributed by atoms with van der Waals surface area (Å²) in [5, 5.41) is 3.88. The maximum atomic E-state index is 12.1. The Labute approximate surface area is 141 Å². The molecule has 4 heteroatoms. The fourth-order valence-electron chi connectivity index (χ4n) is 2.14. The SMILES string of the molecule is COc1ccc(CCNC(C)=CC(=O)c2ccc(Cl)cc2)cc1. The monoisotopic (exact) mass is 329 g/mol. The van der Waals surface area contributed by atoms with Gasteiger partial charge in [-0.05, 0) is 55.3 Å². The predicted octanol–water partition coefficient (Wildman–Crippen LogP) is 4.27. The molecule has 23 heavy (non-hydrogen) atoms. The number of carbonyl (C=O) groups is 1. The highest BCUT2D eigenvalue weighted by Gasteiger charge is 2.03. The van der Waals surface area contributed by atoms with Gasteiger partial charge in [-0.2, -0.15) is 0 Å². The lowest BCUT2D eigenvalue weighted by Crippen LogP contribution is -2.16. The van der Waals surface area contributed by atoms with E-state index >= 15 is 0 Å². The van der Waals surface area contributed by atoms with E-state index in [9.17, 15) is 4.79 Å². The number of nitrogens with one attached hydrogen (secondary N) is 1. The van der Waals surface area contributed by atoms with Crippen LogP contribution in [0.1, 0.15) is 22.8 Å². The number of allylic oxidation sites excluding steroid dienone is 2. The number of ether oxygens (including phenoxy) is 1. The Hall–Kier alpha value is -2.26. The fraction of sp³-hybridized carbons (Fsp3) is 0.211. The lowest BCUT2D eigenvalue weighted by Gasteiger charge is -2.07. The van der Waals surface area contributed by atoms with Crippen LogP contribution in [0, 0.1) is 0 Å². The van der Waals surface area contributed by atoms with Crippen molar-refractivity contribution >= 4 is 17.4 Å². The summed E-state index contributed by atoms with van der Waals surface area (Å²) in [4.78, 5) is 12.1. The van der Waals surface area contributed by atoms with Crippen LogP contribution >= 0.6 is 11.6 Å². The van der Waals surface area contributed by atoms with E-state index in [0.717, 1.165) is 24.4 Å². The first-order chi connectivity index (χ1) is 11.1. The highest BCUT2D eigenvalue weighted by molar-refractivity contribution is 6.30. The summed E-state index contributed by atoms with van der Waals surface area (Å²) in [6.07, 6.45) is 2.49. The number of methoxy groups -OCH3 is 1. The third kappa shape index (κ3) is 5.46. The number of benzene rings is 2. The van der Waals surface area contributed by atoms with Gasteiger partial charge >= 0.3 is 0 Å². The molecule has 0 atom stereocenters. The molecule has 0 radical (unpaired) electrons. The van der Waals surface area contributed by atoms with Gasteiger partial charge in [0.1, 0.15) is 5.75 Å². The van der Waals surface area contributed by atoms with Crippen LogP contribution in [0.3, 0.4) is 0 Å². The van der Waals surface area contributed by atoms with Gasteiger partial charge in [-0.25, -0.2) is 0 Å². The molecule has 0 aliphatic heterocycles. The van der Waals surface area contributed by atoms with E-state index in [4.69, 9.17) is 16.3 Å². The molecule has 0 bridgehead atoms. The summed E-state index contributed by atoms with van der Waals surface area (Å²) in [5.74, 6) is 0.822. The Morgan fingerprint density at radius 2 is 1.78 bits per heavy atom. The Bertz CT molecular complexity index is 676. The highest BCUT2D eigenvalue weighted by atomic mass is 35.5. The number of rotatable bonds is 7. The molecule has 0 aliphatic rings. The van der Waals surface area contributed by atoms with Crippen molar-refractivity contribution < 1.29 is 9.53 Å². The summed E-state index contributed by atoms with van der Waals surface area (Å²) >= 11 is 5.82. The van der Waals surface area contributed by atoms with Gasteiger partial charge in [-0.3, -0.25) is 4.79 Å². The second kappa shape index (κ2) is 8.39. The molecule has 0 saturated carbocycles. The highest BCUT2D eigenvalue weighted by Crippen LogP contribution is 2.12. The Kier molecular flexibility index (Phi) is 6.24. The predicted molar refractivity (Wildman–Crippen MR) is 94.2 cm³/mol. The lowest BCUT2D eigenvalue weighted by atomic mass is 10.1. The van der Waals surface area contributed by atoms with E-state index in [1.807, 2.05) is 31.2 Å². The van der Waals surface area contributed by atoms with Gasteiger partial charge in [0.05, 0.1) is 7.11 Å². The van der Waals surface area contributed by atoms with E-state index in [1.165, 1.54) is 5.56 Å². The van der Waals surface area contributed by atoms with Gasteiger partial charge < -0.3 is 10.1 Å².